The number of ether oxygens (including phenoxy) is 1. The summed E-state index contributed by atoms with van der Waals surface area (Å²) in [5.41, 5.74) is -0.206. The first-order chi connectivity index (χ1) is 10.1. The van der Waals surface area contributed by atoms with Crippen LogP contribution in [0.2, 0.25) is 0 Å². The molecule has 7 heteroatoms. The molecule has 0 saturated heterocycles. The predicted octanol–water partition coefficient (Wildman–Crippen LogP) is 2.84. The third-order valence-corrected chi connectivity index (χ3v) is 2.81. The average molecular weight is 289 g/mol. The Labute approximate surface area is 119 Å². The van der Waals surface area contributed by atoms with Crippen molar-refractivity contribution < 1.29 is 23.7 Å². The average Bonchev–Trinajstić information content (AvgIpc) is 2.94. The van der Waals surface area contributed by atoms with Crippen molar-refractivity contribution in [1.29, 1.82) is 0 Å². The van der Waals surface area contributed by atoms with Crippen LogP contribution in [-0.2, 0) is 4.74 Å². The molecule has 0 amide bonds. The number of rotatable bonds is 5. The number of hydrogen-bond donors (Lipinski definition) is 0. The lowest BCUT2D eigenvalue weighted by Crippen LogP contribution is -2.09. The van der Waals surface area contributed by atoms with Crippen molar-refractivity contribution in [2.24, 2.45) is 0 Å². The van der Waals surface area contributed by atoms with Crippen molar-refractivity contribution in [2.75, 3.05) is 6.61 Å². The van der Waals surface area contributed by atoms with Gasteiger partial charge in [0.1, 0.15) is 5.56 Å². The molecule has 0 unspecified atom stereocenters. The van der Waals surface area contributed by atoms with Gasteiger partial charge in [-0.1, -0.05) is 6.07 Å². The second-order valence-electron chi connectivity index (χ2n) is 4.00. The van der Waals surface area contributed by atoms with E-state index in [0.717, 1.165) is 0 Å². The molecule has 0 aliphatic rings. The molecule has 0 aliphatic carbocycles. The Kier molecular flexibility index (Phi) is 4.13. The number of nitro benzene ring substituents is 1. The summed E-state index contributed by atoms with van der Waals surface area (Å²) in [6, 6.07) is 5.66. The molecular weight excluding hydrogens is 278 g/mol. The fourth-order valence-corrected chi connectivity index (χ4v) is 1.97. The standard InChI is InChI=1S/C14H11NO6/c1-2-20-14(17)11-5-3-4-10(13(11)15(18)19)9-6-7-21-12(9)8-16/h3-8H,2H2,1H3. The van der Waals surface area contributed by atoms with Crippen molar-refractivity contribution in [1.82, 2.24) is 0 Å². The van der Waals surface area contributed by atoms with Crippen LogP contribution < -0.4 is 0 Å². The van der Waals surface area contributed by atoms with Gasteiger partial charge < -0.3 is 9.15 Å². The van der Waals surface area contributed by atoms with E-state index in [4.69, 9.17) is 9.15 Å². The SMILES string of the molecule is CCOC(=O)c1cccc(-c2ccoc2C=O)c1[N+](=O)[O-]. The van der Waals surface area contributed by atoms with E-state index in [9.17, 15) is 19.7 Å². The highest BCUT2D eigenvalue weighted by Gasteiger charge is 2.27. The number of nitrogens with zero attached hydrogens (tertiary/aromatic N) is 1. The van der Waals surface area contributed by atoms with E-state index in [2.05, 4.69) is 0 Å². The van der Waals surface area contributed by atoms with E-state index in [1.165, 1.54) is 30.5 Å². The third kappa shape index (κ3) is 2.66. The molecular formula is C14H11NO6. The summed E-state index contributed by atoms with van der Waals surface area (Å²) in [5, 5.41) is 11.3. The number of furan rings is 1. The number of nitro groups is 1. The molecule has 1 aromatic heterocycles. The van der Waals surface area contributed by atoms with Crippen LogP contribution in [0.4, 0.5) is 5.69 Å². The summed E-state index contributed by atoms with van der Waals surface area (Å²) >= 11 is 0. The van der Waals surface area contributed by atoms with Gasteiger partial charge in [0.15, 0.2) is 12.0 Å². The van der Waals surface area contributed by atoms with Crippen LogP contribution in [0.1, 0.15) is 27.8 Å². The smallest absolute Gasteiger partial charge is 0.345 e. The summed E-state index contributed by atoms with van der Waals surface area (Å²) < 4.78 is 9.76. The molecule has 0 fully saturated rings. The first kappa shape index (κ1) is 14.4. The molecule has 0 aliphatic heterocycles. The lowest BCUT2D eigenvalue weighted by atomic mass is 10.0. The normalized spacial score (nSPS) is 10.1. The summed E-state index contributed by atoms with van der Waals surface area (Å²) in [6.07, 6.45) is 1.70. The quantitative estimate of drug-likeness (QED) is 0.363. The van der Waals surface area contributed by atoms with Crippen LogP contribution >= 0.6 is 0 Å². The number of benzene rings is 1. The Morgan fingerprint density at radius 3 is 2.76 bits per heavy atom. The van der Waals surface area contributed by atoms with E-state index in [1.807, 2.05) is 0 Å². The van der Waals surface area contributed by atoms with Crippen LogP contribution in [0.25, 0.3) is 11.1 Å². The van der Waals surface area contributed by atoms with Crippen molar-refractivity contribution >= 4 is 17.9 Å². The van der Waals surface area contributed by atoms with Gasteiger partial charge in [-0.05, 0) is 25.1 Å². The zero-order valence-electron chi connectivity index (χ0n) is 11.1. The maximum absolute atomic E-state index is 11.8. The molecule has 2 aromatic rings. The minimum atomic E-state index is -0.790. The molecule has 0 saturated carbocycles. The van der Waals surface area contributed by atoms with Crippen LogP contribution in [0, 0.1) is 10.1 Å². The van der Waals surface area contributed by atoms with Crippen molar-refractivity contribution in [2.45, 2.75) is 6.92 Å². The maximum Gasteiger partial charge on any atom is 0.345 e. The van der Waals surface area contributed by atoms with Gasteiger partial charge in [0.05, 0.1) is 23.4 Å². The molecule has 7 nitrogen and oxygen atoms in total. The van der Waals surface area contributed by atoms with Gasteiger partial charge in [0.2, 0.25) is 0 Å². The number of carbonyl (C=O) groups excluding carboxylic acids is 2. The maximum atomic E-state index is 11.8. The monoisotopic (exact) mass is 289 g/mol. The third-order valence-electron chi connectivity index (χ3n) is 2.81. The lowest BCUT2D eigenvalue weighted by Gasteiger charge is -2.06. The van der Waals surface area contributed by atoms with E-state index < -0.39 is 16.6 Å². The zero-order chi connectivity index (χ0) is 15.4. The molecule has 2 rings (SSSR count). The second kappa shape index (κ2) is 6.00. The molecule has 1 aromatic carbocycles. The van der Waals surface area contributed by atoms with Gasteiger partial charge in [-0.3, -0.25) is 14.9 Å². The van der Waals surface area contributed by atoms with Gasteiger partial charge >= 0.3 is 5.97 Å². The van der Waals surface area contributed by atoms with Crippen molar-refractivity contribution in [3.05, 3.63) is 52.0 Å². The number of para-hydroxylation sites is 1. The van der Waals surface area contributed by atoms with Gasteiger partial charge in [-0.25, -0.2) is 4.79 Å². The molecule has 0 spiro atoms. The Balaban J connectivity index is 2.67. The Bertz CT molecular complexity index is 703. The minimum Gasteiger partial charge on any atom is -0.462 e. The van der Waals surface area contributed by atoms with E-state index in [0.29, 0.717) is 6.29 Å². The largest absolute Gasteiger partial charge is 0.462 e. The molecule has 108 valence electrons. The van der Waals surface area contributed by atoms with Gasteiger partial charge in [-0.2, -0.15) is 0 Å². The van der Waals surface area contributed by atoms with Crippen LogP contribution in [0.15, 0.2) is 34.9 Å². The van der Waals surface area contributed by atoms with Crippen LogP contribution in [0.3, 0.4) is 0 Å². The van der Waals surface area contributed by atoms with E-state index in [-0.39, 0.29) is 29.1 Å². The number of esters is 1. The molecule has 0 N–H and O–H groups in total. The molecule has 0 bridgehead atoms. The minimum absolute atomic E-state index is 0.0425. The molecule has 21 heavy (non-hydrogen) atoms. The highest BCUT2D eigenvalue weighted by atomic mass is 16.6. The Morgan fingerprint density at radius 2 is 2.14 bits per heavy atom. The summed E-state index contributed by atoms with van der Waals surface area (Å²) in [7, 11) is 0. The fraction of sp³-hybridized carbons (Fsp3) is 0.143. The molecule has 0 atom stereocenters. The fourth-order valence-electron chi connectivity index (χ4n) is 1.97. The van der Waals surface area contributed by atoms with Gasteiger partial charge in [0.25, 0.3) is 5.69 Å². The van der Waals surface area contributed by atoms with Crippen molar-refractivity contribution in [3.8, 4) is 11.1 Å². The zero-order valence-corrected chi connectivity index (χ0v) is 11.1. The summed E-state index contributed by atoms with van der Waals surface area (Å²) in [4.78, 5) is 33.4. The highest BCUT2D eigenvalue weighted by Crippen LogP contribution is 2.35. The first-order valence-corrected chi connectivity index (χ1v) is 6.07. The Hall–Kier alpha value is -2.96. The molecule has 0 radical (unpaired) electrons. The number of carbonyl (C=O) groups is 2. The van der Waals surface area contributed by atoms with Crippen molar-refractivity contribution in [3.63, 3.8) is 0 Å². The van der Waals surface area contributed by atoms with Crippen LogP contribution in [0.5, 0.6) is 0 Å². The molecule has 1 heterocycles. The predicted molar refractivity (Wildman–Crippen MR) is 72.1 cm³/mol. The Morgan fingerprint density at radius 1 is 1.38 bits per heavy atom. The van der Waals surface area contributed by atoms with E-state index in [1.54, 1.807) is 6.92 Å². The summed E-state index contributed by atoms with van der Waals surface area (Å²) in [5.74, 6) is -0.832. The van der Waals surface area contributed by atoms with Crippen LogP contribution in [-0.4, -0.2) is 23.8 Å². The van der Waals surface area contributed by atoms with E-state index >= 15 is 0 Å². The highest BCUT2D eigenvalue weighted by molar-refractivity contribution is 5.99. The summed E-state index contributed by atoms with van der Waals surface area (Å²) in [6.45, 7) is 1.71. The first-order valence-electron chi connectivity index (χ1n) is 6.07. The lowest BCUT2D eigenvalue weighted by molar-refractivity contribution is -0.384. The number of aldehydes is 1. The number of hydrogen-bond acceptors (Lipinski definition) is 6. The topological polar surface area (TPSA) is 99.7 Å². The van der Waals surface area contributed by atoms with Gasteiger partial charge in [0, 0.05) is 5.56 Å². The van der Waals surface area contributed by atoms with Gasteiger partial charge in [-0.15, -0.1) is 0 Å². The second-order valence-corrected chi connectivity index (χ2v) is 4.00.